The number of sulfonamides is 1. The Hall–Kier alpha value is -3.04. The van der Waals surface area contributed by atoms with Crippen LogP contribution in [-0.2, 0) is 21.2 Å². The van der Waals surface area contributed by atoms with Crippen LogP contribution in [-0.4, -0.2) is 52.3 Å². The summed E-state index contributed by atoms with van der Waals surface area (Å²) in [5, 5.41) is 12.6. The van der Waals surface area contributed by atoms with Gasteiger partial charge >= 0.3 is 0 Å². The summed E-state index contributed by atoms with van der Waals surface area (Å²) in [6.45, 7) is 0.339. The summed E-state index contributed by atoms with van der Waals surface area (Å²) in [5.74, 6) is 0.112. The zero-order valence-electron chi connectivity index (χ0n) is 19.4. The quantitative estimate of drug-likeness (QED) is 0.583. The van der Waals surface area contributed by atoms with Crippen molar-refractivity contribution in [2.45, 2.75) is 49.1 Å². The van der Waals surface area contributed by atoms with Crippen molar-refractivity contribution < 1.29 is 27.8 Å². The van der Waals surface area contributed by atoms with E-state index in [1.807, 2.05) is 18.2 Å². The normalized spacial score (nSPS) is 20.3. The molecule has 2 aliphatic rings. The lowest BCUT2D eigenvalue weighted by Crippen LogP contribution is -2.37. The van der Waals surface area contributed by atoms with E-state index in [9.17, 15) is 18.3 Å². The number of aliphatic hydroxyl groups is 1. The Balaban J connectivity index is 1.62. The van der Waals surface area contributed by atoms with Crippen LogP contribution in [0.15, 0.2) is 47.4 Å². The number of benzene rings is 2. The van der Waals surface area contributed by atoms with E-state index >= 15 is 0 Å². The number of aliphatic hydroxyl groups excluding tert-OH is 1. The third-order valence-electron chi connectivity index (χ3n) is 6.35. The van der Waals surface area contributed by atoms with Gasteiger partial charge < -0.3 is 19.9 Å². The number of para-hydroxylation sites is 1. The van der Waals surface area contributed by atoms with E-state index in [1.54, 1.807) is 18.2 Å². The molecule has 0 aromatic heterocycles. The highest BCUT2D eigenvalue weighted by molar-refractivity contribution is 7.93. The van der Waals surface area contributed by atoms with Crippen LogP contribution in [0.5, 0.6) is 11.5 Å². The molecule has 8 nitrogen and oxygen atoms in total. The molecule has 1 heterocycles. The summed E-state index contributed by atoms with van der Waals surface area (Å²) in [6, 6.07) is 10.6. The Morgan fingerprint density at radius 3 is 2.56 bits per heavy atom. The van der Waals surface area contributed by atoms with Crippen molar-refractivity contribution in [3.05, 3.63) is 53.6 Å². The van der Waals surface area contributed by atoms with Gasteiger partial charge in [-0.3, -0.25) is 9.10 Å². The van der Waals surface area contributed by atoms with E-state index in [2.05, 4.69) is 5.32 Å². The van der Waals surface area contributed by atoms with Gasteiger partial charge in [0.05, 0.1) is 26.0 Å². The maximum Gasteiger partial charge on any atom is 0.268 e. The number of fused-ring (bicyclic) bond motifs is 1. The zero-order valence-corrected chi connectivity index (χ0v) is 20.2. The van der Waals surface area contributed by atoms with Gasteiger partial charge in [-0.1, -0.05) is 18.2 Å². The fourth-order valence-electron chi connectivity index (χ4n) is 4.56. The van der Waals surface area contributed by atoms with E-state index < -0.39 is 10.0 Å². The number of hydrogen-bond donors (Lipinski definition) is 2. The summed E-state index contributed by atoms with van der Waals surface area (Å²) >= 11 is 0. The molecule has 0 radical (unpaired) electrons. The first-order valence-electron chi connectivity index (χ1n) is 11.4. The molecular weight excluding hydrogens is 456 g/mol. The van der Waals surface area contributed by atoms with E-state index in [4.69, 9.17) is 9.47 Å². The number of amides is 1. The van der Waals surface area contributed by atoms with Gasteiger partial charge in [-0.2, -0.15) is 0 Å². The molecule has 0 bridgehead atoms. The summed E-state index contributed by atoms with van der Waals surface area (Å²) in [6.07, 6.45) is 6.09. The van der Waals surface area contributed by atoms with Crippen molar-refractivity contribution >= 4 is 27.7 Å². The highest BCUT2D eigenvalue weighted by Crippen LogP contribution is 2.40. The van der Waals surface area contributed by atoms with Gasteiger partial charge in [-0.15, -0.1) is 0 Å². The van der Waals surface area contributed by atoms with Crippen molar-refractivity contribution in [2.75, 3.05) is 25.1 Å². The fourth-order valence-corrected chi connectivity index (χ4v) is 6.26. The van der Waals surface area contributed by atoms with Crippen LogP contribution >= 0.6 is 0 Å². The molecule has 34 heavy (non-hydrogen) atoms. The largest absolute Gasteiger partial charge is 0.493 e. The molecule has 0 saturated heterocycles. The van der Waals surface area contributed by atoms with E-state index in [-0.39, 0.29) is 34.4 Å². The monoisotopic (exact) mass is 486 g/mol. The average Bonchev–Trinajstić information content (AvgIpc) is 3.28. The summed E-state index contributed by atoms with van der Waals surface area (Å²) in [7, 11) is -1.10. The number of hydrogen-bond acceptors (Lipinski definition) is 6. The number of methoxy groups -OCH3 is 2. The molecule has 0 spiro atoms. The minimum absolute atomic E-state index is 0.0209. The Morgan fingerprint density at radius 2 is 1.85 bits per heavy atom. The molecule has 1 fully saturated rings. The predicted octanol–water partition coefficient (Wildman–Crippen LogP) is 2.89. The van der Waals surface area contributed by atoms with Crippen molar-refractivity contribution in [1.82, 2.24) is 5.32 Å². The molecule has 1 aliphatic carbocycles. The number of ether oxygens (including phenoxy) is 2. The van der Waals surface area contributed by atoms with Crippen LogP contribution < -0.4 is 19.1 Å². The highest BCUT2D eigenvalue weighted by atomic mass is 32.2. The molecule has 1 aliphatic heterocycles. The molecule has 1 amide bonds. The lowest BCUT2D eigenvalue weighted by molar-refractivity contribution is -0.117. The van der Waals surface area contributed by atoms with Crippen LogP contribution in [0.1, 0.15) is 36.8 Å². The van der Waals surface area contributed by atoms with Gasteiger partial charge in [-0.25, -0.2) is 8.42 Å². The van der Waals surface area contributed by atoms with Crippen LogP contribution in [0.25, 0.3) is 6.08 Å². The van der Waals surface area contributed by atoms with Crippen molar-refractivity contribution in [1.29, 1.82) is 0 Å². The Labute approximate surface area is 200 Å². The molecule has 9 heteroatoms. The second kappa shape index (κ2) is 10.1. The first-order valence-corrected chi connectivity index (χ1v) is 12.8. The number of carbonyl (C=O) groups excluding carboxylic acids is 1. The lowest BCUT2D eigenvalue weighted by Gasteiger charge is -2.25. The topological polar surface area (TPSA) is 105 Å². The van der Waals surface area contributed by atoms with Gasteiger partial charge in [0.1, 0.15) is 4.90 Å². The fraction of sp³-hybridized carbons (Fsp3) is 0.400. The van der Waals surface area contributed by atoms with Crippen LogP contribution in [0.3, 0.4) is 0 Å². The highest BCUT2D eigenvalue weighted by Gasteiger charge is 2.34. The summed E-state index contributed by atoms with van der Waals surface area (Å²) < 4.78 is 39.6. The van der Waals surface area contributed by atoms with E-state index in [0.717, 1.165) is 18.4 Å². The maximum absolute atomic E-state index is 13.7. The zero-order chi connectivity index (χ0) is 24.3. The standard InChI is InChI=1S/C25H30N2O6S/c1-32-22-15-17(7-12-24(29)26-19-8-10-20(28)11-9-19)16-23(25(22)33-2)34(30,31)27-14-13-18-5-3-4-6-21(18)27/h3-7,12,15-16,19-20,28H,8-11,13-14H2,1-2H3,(H,26,29). The van der Waals surface area contributed by atoms with E-state index in [1.165, 1.54) is 30.7 Å². The first-order chi connectivity index (χ1) is 16.3. The SMILES string of the molecule is COc1cc(C=CC(=O)NC2CCC(O)CC2)cc(S(=O)(=O)N2CCc3ccccc32)c1OC. The Morgan fingerprint density at radius 1 is 1.12 bits per heavy atom. The van der Waals surface area contributed by atoms with Crippen LogP contribution in [0.2, 0.25) is 0 Å². The van der Waals surface area contributed by atoms with Gasteiger partial charge in [0.25, 0.3) is 10.0 Å². The molecule has 2 aromatic rings. The molecule has 182 valence electrons. The van der Waals surface area contributed by atoms with Gasteiger partial charge in [-0.05, 0) is 67.5 Å². The Bertz CT molecular complexity index is 1190. The smallest absolute Gasteiger partial charge is 0.268 e. The molecular formula is C25H30N2O6S. The molecule has 1 saturated carbocycles. The van der Waals surface area contributed by atoms with Crippen molar-refractivity contribution in [3.63, 3.8) is 0 Å². The molecule has 2 aromatic carbocycles. The predicted molar refractivity (Wildman–Crippen MR) is 130 cm³/mol. The average molecular weight is 487 g/mol. The van der Waals surface area contributed by atoms with Crippen LogP contribution in [0.4, 0.5) is 5.69 Å². The van der Waals surface area contributed by atoms with Gasteiger partial charge in [0.15, 0.2) is 11.5 Å². The molecule has 4 rings (SSSR count). The maximum atomic E-state index is 13.7. The summed E-state index contributed by atoms with van der Waals surface area (Å²) in [5.41, 5.74) is 2.12. The number of nitrogens with one attached hydrogen (secondary N) is 1. The third-order valence-corrected chi connectivity index (χ3v) is 8.17. The number of carbonyl (C=O) groups is 1. The van der Waals surface area contributed by atoms with Crippen LogP contribution in [0, 0.1) is 0 Å². The first kappa shape index (κ1) is 24.1. The molecule has 0 unspecified atom stereocenters. The second-order valence-corrected chi connectivity index (χ2v) is 10.4. The minimum Gasteiger partial charge on any atom is -0.493 e. The lowest BCUT2D eigenvalue weighted by atomic mass is 9.93. The van der Waals surface area contributed by atoms with Crippen molar-refractivity contribution in [3.8, 4) is 11.5 Å². The van der Waals surface area contributed by atoms with E-state index in [0.29, 0.717) is 37.1 Å². The number of rotatable bonds is 7. The third kappa shape index (κ3) is 4.90. The van der Waals surface area contributed by atoms with Gasteiger partial charge in [0.2, 0.25) is 5.91 Å². The summed E-state index contributed by atoms with van der Waals surface area (Å²) in [4.78, 5) is 12.4. The minimum atomic E-state index is -3.95. The second-order valence-electron chi connectivity index (χ2n) is 8.56. The van der Waals surface area contributed by atoms with Crippen molar-refractivity contribution in [2.24, 2.45) is 0 Å². The Kier molecular flexibility index (Phi) is 7.13. The number of nitrogens with zero attached hydrogens (tertiary/aromatic N) is 1. The molecule has 2 N–H and O–H groups in total. The van der Waals surface area contributed by atoms with Gasteiger partial charge in [0, 0.05) is 18.7 Å². The number of anilines is 1. The molecule has 0 atom stereocenters.